The van der Waals surface area contributed by atoms with Crippen molar-refractivity contribution in [1.82, 2.24) is 0 Å². The number of nitrogens with one attached hydrogen (secondary N) is 1. The van der Waals surface area contributed by atoms with Gasteiger partial charge in [0, 0.05) is 5.69 Å². The highest BCUT2D eigenvalue weighted by Crippen LogP contribution is 2.20. The van der Waals surface area contributed by atoms with E-state index in [1.165, 1.54) is 24.3 Å². The van der Waals surface area contributed by atoms with Crippen LogP contribution in [0.3, 0.4) is 0 Å². The van der Waals surface area contributed by atoms with Crippen molar-refractivity contribution in [2.24, 2.45) is 5.73 Å². The number of hydrogen-bond donors (Lipinski definition) is 2. The van der Waals surface area contributed by atoms with Crippen LogP contribution in [0.2, 0.25) is 0 Å². The van der Waals surface area contributed by atoms with Crippen molar-refractivity contribution >= 4 is 11.6 Å². The van der Waals surface area contributed by atoms with Crippen LogP contribution in [0.4, 0.5) is 10.1 Å². The fraction of sp³-hybridized carbons (Fsp3) is 0.0667. The van der Waals surface area contributed by atoms with Crippen LogP contribution in [0.25, 0.3) is 0 Å². The molecule has 1 unspecified atom stereocenters. The van der Waals surface area contributed by atoms with Gasteiger partial charge in [-0.25, -0.2) is 4.39 Å². The average Bonchev–Trinajstić information content (AvgIpc) is 2.46. The Balaban J connectivity index is 2.29. The van der Waals surface area contributed by atoms with E-state index in [0.717, 1.165) is 0 Å². The third-order valence-corrected chi connectivity index (χ3v) is 2.79. The second-order valence-corrected chi connectivity index (χ2v) is 4.22. The summed E-state index contributed by atoms with van der Waals surface area (Å²) >= 11 is 0. The van der Waals surface area contributed by atoms with E-state index in [1.54, 1.807) is 24.3 Å². The van der Waals surface area contributed by atoms with Crippen molar-refractivity contribution in [3.63, 3.8) is 0 Å². The van der Waals surface area contributed by atoms with Crippen molar-refractivity contribution < 1.29 is 9.18 Å². The summed E-state index contributed by atoms with van der Waals surface area (Å²) in [7, 11) is 0. The van der Waals surface area contributed by atoms with Crippen LogP contribution in [-0.2, 0) is 4.79 Å². The Labute approximate surface area is 115 Å². The third-order valence-electron chi connectivity index (χ3n) is 2.79. The maximum absolute atomic E-state index is 12.8. The molecule has 0 fully saturated rings. The van der Waals surface area contributed by atoms with Crippen molar-refractivity contribution in [2.45, 2.75) is 6.04 Å². The highest BCUT2D eigenvalue weighted by atomic mass is 19.1. The summed E-state index contributed by atoms with van der Waals surface area (Å²) in [4.78, 5) is 11.6. The number of halogens is 1. The van der Waals surface area contributed by atoms with Gasteiger partial charge < -0.3 is 11.1 Å². The van der Waals surface area contributed by atoms with Gasteiger partial charge in [-0.3, -0.25) is 4.79 Å². The number of carbonyl (C=O) groups is 1. The standard InChI is InChI=1S/C15H12FN3O/c16-12-4-6-13(7-5-12)19-14(15(18)20)11-3-1-2-10(8-11)9-17/h1-8,14,19H,(H2,18,20). The first-order chi connectivity index (χ1) is 9.60. The van der Waals surface area contributed by atoms with Gasteiger partial charge in [-0.15, -0.1) is 0 Å². The molecular weight excluding hydrogens is 257 g/mol. The van der Waals surface area contributed by atoms with Gasteiger partial charge in [0.2, 0.25) is 5.91 Å². The molecule has 0 bridgehead atoms. The fourth-order valence-electron chi connectivity index (χ4n) is 1.82. The van der Waals surface area contributed by atoms with Crippen LogP contribution < -0.4 is 11.1 Å². The minimum Gasteiger partial charge on any atom is -0.370 e. The third kappa shape index (κ3) is 3.12. The van der Waals surface area contributed by atoms with Crippen LogP contribution in [-0.4, -0.2) is 5.91 Å². The maximum atomic E-state index is 12.8. The van der Waals surface area contributed by atoms with Crippen LogP contribution in [0.15, 0.2) is 48.5 Å². The van der Waals surface area contributed by atoms with E-state index < -0.39 is 11.9 Å². The Morgan fingerprint density at radius 1 is 1.25 bits per heavy atom. The van der Waals surface area contributed by atoms with Crippen molar-refractivity contribution in [3.05, 3.63) is 65.5 Å². The minimum atomic E-state index is -0.784. The summed E-state index contributed by atoms with van der Waals surface area (Å²) in [5, 5.41) is 11.8. The molecule has 2 rings (SSSR count). The molecule has 1 amide bonds. The van der Waals surface area contributed by atoms with Gasteiger partial charge in [0.25, 0.3) is 0 Å². The number of hydrogen-bond acceptors (Lipinski definition) is 3. The molecule has 20 heavy (non-hydrogen) atoms. The lowest BCUT2D eigenvalue weighted by Crippen LogP contribution is -2.27. The van der Waals surface area contributed by atoms with Gasteiger partial charge in [0.05, 0.1) is 11.6 Å². The molecule has 0 spiro atoms. The van der Waals surface area contributed by atoms with Crippen LogP contribution in [0.1, 0.15) is 17.2 Å². The molecule has 0 saturated carbocycles. The molecule has 3 N–H and O–H groups in total. The van der Waals surface area contributed by atoms with Crippen molar-refractivity contribution in [3.8, 4) is 6.07 Å². The predicted molar refractivity (Wildman–Crippen MR) is 73.1 cm³/mol. The van der Waals surface area contributed by atoms with E-state index in [9.17, 15) is 9.18 Å². The quantitative estimate of drug-likeness (QED) is 0.894. The summed E-state index contributed by atoms with van der Waals surface area (Å²) in [6.07, 6.45) is 0. The number of nitriles is 1. The molecule has 2 aromatic rings. The first kappa shape index (κ1) is 13.6. The molecule has 0 aliphatic heterocycles. The lowest BCUT2D eigenvalue weighted by molar-refractivity contribution is -0.118. The molecule has 4 nitrogen and oxygen atoms in total. The van der Waals surface area contributed by atoms with Gasteiger partial charge in [-0.1, -0.05) is 12.1 Å². The number of primary amides is 1. The van der Waals surface area contributed by atoms with Crippen molar-refractivity contribution in [1.29, 1.82) is 5.26 Å². The van der Waals surface area contributed by atoms with E-state index in [1.807, 2.05) is 6.07 Å². The molecule has 2 aromatic carbocycles. The molecule has 0 aliphatic rings. The molecule has 0 heterocycles. The number of anilines is 1. The predicted octanol–water partition coefficient (Wildman–Crippen LogP) is 2.34. The van der Waals surface area contributed by atoms with E-state index in [2.05, 4.69) is 5.32 Å². The van der Waals surface area contributed by atoms with Gasteiger partial charge in [-0.05, 0) is 42.0 Å². The van der Waals surface area contributed by atoms with Gasteiger partial charge in [-0.2, -0.15) is 5.26 Å². The number of rotatable bonds is 4. The smallest absolute Gasteiger partial charge is 0.244 e. The van der Waals surface area contributed by atoms with Gasteiger partial charge >= 0.3 is 0 Å². The van der Waals surface area contributed by atoms with E-state index in [0.29, 0.717) is 16.8 Å². The average molecular weight is 269 g/mol. The Morgan fingerprint density at radius 3 is 2.55 bits per heavy atom. The second kappa shape index (κ2) is 5.85. The lowest BCUT2D eigenvalue weighted by atomic mass is 10.0. The summed E-state index contributed by atoms with van der Waals surface area (Å²) in [6.45, 7) is 0. The minimum absolute atomic E-state index is 0.363. The van der Waals surface area contributed by atoms with E-state index >= 15 is 0 Å². The normalized spacial score (nSPS) is 11.4. The van der Waals surface area contributed by atoms with E-state index in [4.69, 9.17) is 11.0 Å². The first-order valence-corrected chi connectivity index (χ1v) is 5.91. The number of nitrogens with zero attached hydrogens (tertiary/aromatic N) is 1. The summed E-state index contributed by atoms with van der Waals surface area (Å²) in [6, 6.07) is 13.4. The number of carbonyl (C=O) groups excluding carboxylic acids is 1. The molecule has 0 saturated heterocycles. The lowest BCUT2D eigenvalue weighted by Gasteiger charge is -2.17. The SMILES string of the molecule is N#Cc1cccc(C(Nc2ccc(F)cc2)C(N)=O)c1. The van der Waals surface area contributed by atoms with Crippen molar-refractivity contribution in [2.75, 3.05) is 5.32 Å². The Kier molecular flexibility index (Phi) is 3.96. The Bertz CT molecular complexity index is 662. The number of amides is 1. The molecule has 100 valence electrons. The Hall–Kier alpha value is -2.87. The highest BCUT2D eigenvalue weighted by molar-refractivity contribution is 5.84. The maximum Gasteiger partial charge on any atom is 0.244 e. The molecule has 0 radical (unpaired) electrons. The van der Waals surface area contributed by atoms with Gasteiger partial charge in [0.15, 0.2) is 0 Å². The largest absolute Gasteiger partial charge is 0.370 e. The van der Waals surface area contributed by atoms with Crippen LogP contribution in [0, 0.1) is 17.1 Å². The van der Waals surface area contributed by atoms with Gasteiger partial charge in [0.1, 0.15) is 11.9 Å². The summed E-state index contributed by atoms with van der Waals surface area (Å²) in [5.74, 6) is -0.943. The fourth-order valence-corrected chi connectivity index (χ4v) is 1.82. The number of nitrogens with two attached hydrogens (primary N) is 1. The summed E-state index contributed by atoms with van der Waals surface area (Å²) < 4.78 is 12.8. The molecule has 5 heteroatoms. The zero-order chi connectivity index (χ0) is 14.5. The summed E-state index contributed by atoms with van der Waals surface area (Å²) in [5.41, 5.74) is 6.97. The molecule has 0 aromatic heterocycles. The molecule has 1 atom stereocenters. The van der Waals surface area contributed by atoms with E-state index in [-0.39, 0.29) is 5.82 Å². The first-order valence-electron chi connectivity index (χ1n) is 5.91. The zero-order valence-corrected chi connectivity index (χ0v) is 10.5. The van der Waals surface area contributed by atoms with Crippen LogP contribution >= 0.6 is 0 Å². The topological polar surface area (TPSA) is 78.9 Å². The molecular formula is C15H12FN3O. The number of benzene rings is 2. The second-order valence-electron chi connectivity index (χ2n) is 4.22. The highest BCUT2D eigenvalue weighted by Gasteiger charge is 2.17. The zero-order valence-electron chi connectivity index (χ0n) is 10.5. The van der Waals surface area contributed by atoms with Crippen LogP contribution in [0.5, 0.6) is 0 Å². The Morgan fingerprint density at radius 2 is 1.95 bits per heavy atom. The monoisotopic (exact) mass is 269 g/mol. The molecule has 0 aliphatic carbocycles.